The van der Waals surface area contributed by atoms with Crippen molar-refractivity contribution in [1.82, 2.24) is 10.2 Å². The molecule has 0 atom stereocenters. The van der Waals surface area contributed by atoms with E-state index in [-0.39, 0.29) is 12.4 Å². The molecule has 5 heteroatoms. The Kier molecular flexibility index (Phi) is 5.11. The highest BCUT2D eigenvalue weighted by Gasteiger charge is 2.18. The van der Waals surface area contributed by atoms with Crippen molar-refractivity contribution in [3.8, 4) is 0 Å². The lowest BCUT2D eigenvalue weighted by atomic mass is 10.0. The number of aliphatic hydroxyl groups is 1. The second-order valence-corrected chi connectivity index (χ2v) is 5.92. The Bertz CT molecular complexity index is 745. The maximum Gasteiger partial charge on any atom is 0.194 e. The predicted molar refractivity (Wildman–Crippen MR) is 93.1 cm³/mol. The molecule has 0 radical (unpaired) electrons. The third kappa shape index (κ3) is 3.57. The molecule has 0 spiro atoms. The van der Waals surface area contributed by atoms with Gasteiger partial charge < -0.3 is 15.3 Å². The molecule has 0 aromatic heterocycles. The second kappa shape index (κ2) is 7.45. The van der Waals surface area contributed by atoms with Gasteiger partial charge in [0.2, 0.25) is 0 Å². The lowest BCUT2D eigenvalue weighted by Crippen LogP contribution is -2.43. The van der Waals surface area contributed by atoms with E-state index in [2.05, 4.69) is 39.5 Å². The molecule has 0 unspecified atom stereocenters. The Morgan fingerprint density at radius 3 is 2.79 bits per heavy atom. The van der Waals surface area contributed by atoms with Crippen LogP contribution in [0.5, 0.6) is 0 Å². The van der Waals surface area contributed by atoms with Gasteiger partial charge in [0.05, 0.1) is 6.61 Å². The monoisotopic (exact) mass is 327 g/mol. The highest BCUT2D eigenvalue weighted by atomic mass is 19.1. The maximum atomic E-state index is 13.5. The van der Waals surface area contributed by atoms with Gasteiger partial charge in [0.1, 0.15) is 5.82 Å². The normalized spacial score (nSPS) is 14.5. The molecule has 0 aliphatic carbocycles. The van der Waals surface area contributed by atoms with E-state index in [0.717, 1.165) is 31.0 Å². The first-order chi connectivity index (χ1) is 11.7. The van der Waals surface area contributed by atoms with Gasteiger partial charge in [-0.05, 0) is 35.2 Å². The average molecular weight is 327 g/mol. The van der Waals surface area contributed by atoms with Crippen LogP contribution in [-0.2, 0) is 26.1 Å². The number of nitrogens with one attached hydrogen (secondary N) is 1. The molecule has 2 aromatic carbocycles. The largest absolute Gasteiger partial charge is 0.392 e. The van der Waals surface area contributed by atoms with Crippen LogP contribution in [0.2, 0.25) is 0 Å². The van der Waals surface area contributed by atoms with Crippen LogP contribution < -0.4 is 5.32 Å². The number of rotatable bonds is 3. The highest BCUT2D eigenvalue weighted by molar-refractivity contribution is 5.80. The molecule has 3 rings (SSSR count). The number of fused-ring (bicyclic) bond motifs is 1. The molecular weight excluding hydrogens is 305 g/mol. The summed E-state index contributed by atoms with van der Waals surface area (Å²) in [6.07, 6.45) is 1.00. The van der Waals surface area contributed by atoms with E-state index in [9.17, 15) is 9.50 Å². The van der Waals surface area contributed by atoms with Crippen LogP contribution in [0.4, 0.5) is 4.39 Å². The number of hydrogen-bond donors (Lipinski definition) is 2. The van der Waals surface area contributed by atoms with Crippen LogP contribution in [0.15, 0.2) is 47.5 Å². The summed E-state index contributed by atoms with van der Waals surface area (Å²) in [5.74, 6) is 0.456. The molecule has 2 aromatic rings. The van der Waals surface area contributed by atoms with E-state index >= 15 is 0 Å². The molecule has 4 nitrogen and oxygen atoms in total. The average Bonchev–Trinajstić information content (AvgIpc) is 2.63. The molecule has 24 heavy (non-hydrogen) atoms. The Labute approximate surface area is 141 Å². The molecule has 1 aliphatic rings. The molecule has 126 valence electrons. The smallest absolute Gasteiger partial charge is 0.194 e. The lowest BCUT2D eigenvalue weighted by Gasteiger charge is -2.31. The number of hydrogen-bond acceptors (Lipinski definition) is 2. The number of halogens is 1. The summed E-state index contributed by atoms with van der Waals surface area (Å²) in [5.41, 5.74) is 3.96. The summed E-state index contributed by atoms with van der Waals surface area (Å²) < 4.78 is 13.5. The topological polar surface area (TPSA) is 47.9 Å². The first-order valence-electron chi connectivity index (χ1n) is 8.12. The van der Waals surface area contributed by atoms with Crippen LogP contribution in [0.3, 0.4) is 0 Å². The Morgan fingerprint density at radius 1 is 1.25 bits per heavy atom. The minimum absolute atomic E-state index is 0.294. The van der Waals surface area contributed by atoms with Crippen LogP contribution >= 0.6 is 0 Å². The summed E-state index contributed by atoms with van der Waals surface area (Å²) in [5, 5.41) is 12.5. The third-order valence-corrected chi connectivity index (χ3v) is 4.37. The van der Waals surface area contributed by atoms with Crippen molar-refractivity contribution < 1.29 is 9.50 Å². The van der Waals surface area contributed by atoms with E-state index in [1.807, 2.05) is 0 Å². The van der Waals surface area contributed by atoms with Gasteiger partial charge in [-0.2, -0.15) is 0 Å². The van der Waals surface area contributed by atoms with E-state index in [0.29, 0.717) is 12.1 Å². The summed E-state index contributed by atoms with van der Waals surface area (Å²) in [6, 6.07) is 13.3. The Balaban J connectivity index is 1.66. The first-order valence-corrected chi connectivity index (χ1v) is 8.12. The molecular formula is C19H22FN3O. The Hall–Kier alpha value is -2.40. The van der Waals surface area contributed by atoms with Crippen molar-refractivity contribution in [2.75, 3.05) is 13.6 Å². The molecule has 2 N–H and O–H groups in total. The van der Waals surface area contributed by atoms with Crippen LogP contribution in [0.1, 0.15) is 22.3 Å². The molecule has 0 saturated heterocycles. The van der Waals surface area contributed by atoms with Gasteiger partial charge >= 0.3 is 0 Å². The van der Waals surface area contributed by atoms with Gasteiger partial charge in [-0.3, -0.25) is 4.99 Å². The van der Waals surface area contributed by atoms with Crippen LogP contribution in [0.25, 0.3) is 0 Å². The summed E-state index contributed by atoms with van der Waals surface area (Å²) >= 11 is 0. The summed E-state index contributed by atoms with van der Waals surface area (Å²) in [6.45, 7) is 2.00. The fourth-order valence-corrected chi connectivity index (χ4v) is 3.05. The van der Waals surface area contributed by atoms with Gasteiger partial charge in [0.15, 0.2) is 5.96 Å². The quantitative estimate of drug-likeness (QED) is 0.672. The van der Waals surface area contributed by atoms with Gasteiger partial charge in [0.25, 0.3) is 0 Å². The van der Waals surface area contributed by atoms with Crippen molar-refractivity contribution in [2.45, 2.75) is 26.1 Å². The molecule has 0 saturated carbocycles. The SMILES string of the molecule is CN=C(NCc1ccc(F)c(CO)c1)N1CCc2ccccc2C1. The van der Waals surface area contributed by atoms with Crippen LogP contribution in [-0.4, -0.2) is 29.6 Å². The van der Waals surface area contributed by atoms with E-state index in [4.69, 9.17) is 0 Å². The number of benzene rings is 2. The van der Waals surface area contributed by atoms with Crippen LogP contribution in [0, 0.1) is 5.82 Å². The fourth-order valence-electron chi connectivity index (χ4n) is 3.05. The van der Waals surface area contributed by atoms with Gasteiger partial charge in [0, 0.05) is 32.2 Å². The number of guanidine groups is 1. The first kappa shape index (κ1) is 16.5. The molecule has 1 aliphatic heterocycles. The fraction of sp³-hybridized carbons (Fsp3) is 0.316. The zero-order valence-electron chi connectivity index (χ0n) is 13.8. The molecule has 0 bridgehead atoms. The summed E-state index contributed by atoms with van der Waals surface area (Å²) in [7, 11) is 1.77. The van der Waals surface area contributed by atoms with Gasteiger partial charge in [-0.15, -0.1) is 0 Å². The Morgan fingerprint density at radius 2 is 2.04 bits per heavy atom. The van der Waals surface area contributed by atoms with E-state index in [1.54, 1.807) is 19.2 Å². The maximum absolute atomic E-state index is 13.5. The van der Waals surface area contributed by atoms with Gasteiger partial charge in [-0.1, -0.05) is 30.3 Å². The van der Waals surface area contributed by atoms with Crippen molar-refractivity contribution in [3.63, 3.8) is 0 Å². The second-order valence-electron chi connectivity index (χ2n) is 5.92. The predicted octanol–water partition coefficient (Wildman–Crippen LogP) is 2.45. The van der Waals surface area contributed by atoms with E-state index in [1.165, 1.54) is 17.2 Å². The van der Waals surface area contributed by atoms with Crippen molar-refractivity contribution in [1.29, 1.82) is 0 Å². The standard InChI is InChI=1S/C19H22FN3O/c1-21-19(22-11-14-6-7-18(20)17(10-14)13-24)23-9-8-15-4-2-3-5-16(15)12-23/h2-7,10,24H,8-9,11-13H2,1H3,(H,21,22). The zero-order valence-corrected chi connectivity index (χ0v) is 13.8. The van der Waals surface area contributed by atoms with Crippen molar-refractivity contribution in [3.05, 3.63) is 70.5 Å². The third-order valence-electron chi connectivity index (χ3n) is 4.37. The van der Waals surface area contributed by atoms with Gasteiger partial charge in [-0.25, -0.2) is 4.39 Å². The highest BCUT2D eigenvalue weighted by Crippen LogP contribution is 2.18. The van der Waals surface area contributed by atoms with Crippen molar-refractivity contribution >= 4 is 5.96 Å². The number of aliphatic imine (C=N–C) groups is 1. The molecule has 0 fully saturated rings. The number of nitrogens with zero attached hydrogens (tertiary/aromatic N) is 2. The van der Waals surface area contributed by atoms with E-state index < -0.39 is 0 Å². The lowest BCUT2D eigenvalue weighted by molar-refractivity contribution is 0.275. The zero-order chi connectivity index (χ0) is 16.9. The van der Waals surface area contributed by atoms with Crippen molar-refractivity contribution in [2.24, 2.45) is 4.99 Å². The minimum atomic E-state index is -0.377. The number of aliphatic hydroxyl groups excluding tert-OH is 1. The molecule has 1 heterocycles. The molecule has 0 amide bonds. The summed E-state index contributed by atoms with van der Waals surface area (Å²) in [4.78, 5) is 6.59. The minimum Gasteiger partial charge on any atom is -0.392 e.